The molecule has 3 nitrogen and oxygen atoms in total. The van der Waals surface area contributed by atoms with Gasteiger partial charge < -0.3 is 9.30 Å². The summed E-state index contributed by atoms with van der Waals surface area (Å²) >= 11 is 2.07. The zero-order chi connectivity index (χ0) is 18.5. The van der Waals surface area contributed by atoms with Gasteiger partial charge in [-0.1, -0.05) is 58.1 Å². The van der Waals surface area contributed by atoms with Crippen molar-refractivity contribution in [3.05, 3.63) is 48.5 Å². The summed E-state index contributed by atoms with van der Waals surface area (Å²) in [6.45, 7) is 6.23. The van der Waals surface area contributed by atoms with Crippen LogP contribution in [0.4, 0.5) is 0 Å². The molecule has 2 aromatic rings. The molecular formula is C22H34N2OS. The smallest absolute Gasteiger partial charge is 0.119 e. The molecule has 0 bridgehead atoms. The fourth-order valence-corrected chi connectivity index (χ4v) is 4.17. The maximum Gasteiger partial charge on any atom is 0.119 e. The zero-order valence-electron chi connectivity index (χ0n) is 16.4. The maximum absolute atomic E-state index is 5.80. The summed E-state index contributed by atoms with van der Waals surface area (Å²) < 4.78 is 7.98. The second kappa shape index (κ2) is 12.9. The first-order valence-electron chi connectivity index (χ1n) is 10.1. The average molecular weight is 375 g/mol. The van der Waals surface area contributed by atoms with E-state index in [0.29, 0.717) is 5.25 Å². The van der Waals surface area contributed by atoms with Crippen LogP contribution in [0.15, 0.2) is 43.0 Å². The topological polar surface area (TPSA) is 27.1 Å². The van der Waals surface area contributed by atoms with E-state index in [9.17, 15) is 0 Å². The Labute approximate surface area is 163 Å². The maximum atomic E-state index is 5.80. The summed E-state index contributed by atoms with van der Waals surface area (Å²) in [6.07, 6.45) is 14.8. The number of hydrogen-bond donors (Lipinski definition) is 0. The summed E-state index contributed by atoms with van der Waals surface area (Å²) in [5.41, 5.74) is 1.38. The van der Waals surface area contributed by atoms with E-state index in [0.717, 1.165) is 25.3 Å². The lowest BCUT2D eigenvalue weighted by molar-refractivity contribution is 0.309. The van der Waals surface area contributed by atoms with Gasteiger partial charge in [-0.15, -0.1) is 0 Å². The van der Waals surface area contributed by atoms with Gasteiger partial charge in [0.1, 0.15) is 5.75 Å². The fourth-order valence-electron chi connectivity index (χ4n) is 2.88. The van der Waals surface area contributed by atoms with Crippen LogP contribution in [0.1, 0.15) is 69.6 Å². The molecule has 1 heterocycles. The van der Waals surface area contributed by atoms with Crippen molar-refractivity contribution in [2.24, 2.45) is 0 Å². The predicted octanol–water partition coefficient (Wildman–Crippen LogP) is 6.51. The number of unbranched alkanes of at least 4 members (excludes halogenated alkanes) is 5. The average Bonchev–Trinajstić information content (AvgIpc) is 3.17. The number of hydrogen-bond acceptors (Lipinski definition) is 3. The number of thioether (sulfide) groups is 1. The number of aromatic nitrogens is 2. The third kappa shape index (κ3) is 7.86. The number of rotatable bonds is 14. The van der Waals surface area contributed by atoms with Gasteiger partial charge in [-0.25, -0.2) is 4.98 Å². The number of imidazole rings is 1. The quantitative estimate of drug-likeness (QED) is 0.353. The molecule has 0 aliphatic heterocycles. The molecule has 0 saturated carbocycles. The van der Waals surface area contributed by atoms with Gasteiger partial charge in [0.25, 0.3) is 0 Å². The Bertz CT molecular complexity index is 568. The summed E-state index contributed by atoms with van der Waals surface area (Å²) in [5.74, 6) is 2.20. The predicted molar refractivity (Wildman–Crippen MR) is 113 cm³/mol. The molecular weight excluding hydrogens is 340 g/mol. The lowest BCUT2D eigenvalue weighted by Gasteiger charge is -2.18. The Morgan fingerprint density at radius 1 is 1.00 bits per heavy atom. The van der Waals surface area contributed by atoms with Crippen LogP contribution in [0.25, 0.3) is 0 Å². The monoisotopic (exact) mass is 374 g/mol. The largest absolute Gasteiger partial charge is 0.494 e. The minimum atomic E-state index is 0.458. The summed E-state index contributed by atoms with van der Waals surface area (Å²) in [7, 11) is 0. The molecule has 0 amide bonds. The molecule has 0 radical (unpaired) electrons. The first-order valence-corrected chi connectivity index (χ1v) is 11.2. The molecule has 0 saturated heterocycles. The first-order chi connectivity index (χ1) is 12.8. The molecule has 0 N–H and O–H groups in total. The highest BCUT2D eigenvalue weighted by atomic mass is 32.2. The molecule has 0 aliphatic carbocycles. The van der Waals surface area contributed by atoms with E-state index < -0.39 is 0 Å². The van der Waals surface area contributed by atoms with E-state index in [-0.39, 0.29) is 0 Å². The molecule has 1 atom stereocenters. The van der Waals surface area contributed by atoms with Gasteiger partial charge >= 0.3 is 0 Å². The van der Waals surface area contributed by atoms with Gasteiger partial charge in [0, 0.05) is 24.2 Å². The van der Waals surface area contributed by atoms with Gasteiger partial charge in [-0.05, 0) is 36.3 Å². The molecule has 1 aromatic carbocycles. The van der Waals surface area contributed by atoms with Crippen LogP contribution >= 0.6 is 11.8 Å². The Hall–Kier alpha value is -1.42. The van der Waals surface area contributed by atoms with Gasteiger partial charge in [-0.3, -0.25) is 0 Å². The SMILES string of the molecule is CCCCCCCSC(Cn1ccnc1)c1ccc(OCCCC)cc1. The van der Waals surface area contributed by atoms with Crippen LogP contribution in [0.5, 0.6) is 5.75 Å². The second-order valence-corrected chi connectivity index (χ2v) is 8.11. The summed E-state index contributed by atoms with van der Waals surface area (Å²) in [5, 5.41) is 0.458. The number of benzene rings is 1. The normalized spacial score (nSPS) is 12.2. The highest BCUT2D eigenvalue weighted by Gasteiger charge is 2.13. The first kappa shape index (κ1) is 20.9. The van der Waals surface area contributed by atoms with Crippen molar-refractivity contribution >= 4 is 11.8 Å². The van der Waals surface area contributed by atoms with Crippen LogP contribution in [0, 0.1) is 0 Å². The number of ether oxygens (including phenoxy) is 1. The van der Waals surface area contributed by atoms with Crippen molar-refractivity contribution in [1.82, 2.24) is 9.55 Å². The van der Waals surface area contributed by atoms with E-state index in [1.807, 2.05) is 12.5 Å². The van der Waals surface area contributed by atoms with Gasteiger partial charge in [0.05, 0.1) is 12.9 Å². The Morgan fingerprint density at radius 2 is 1.77 bits per heavy atom. The third-order valence-corrected chi connectivity index (χ3v) is 5.87. The second-order valence-electron chi connectivity index (χ2n) is 6.80. The van der Waals surface area contributed by atoms with Crippen molar-refractivity contribution in [1.29, 1.82) is 0 Å². The molecule has 0 fully saturated rings. The molecule has 4 heteroatoms. The molecule has 0 spiro atoms. The molecule has 1 unspecified atom stereocenters. The molecule has 1 aromatic heterocycles. The number of nitrogens with zero attached hydrogens (tertiary/aromatic N) is 2. The fraction of sp³-hybridized carbons (Fsp3) is 0.591. The van der Waals surface area contributed by atoms with Crippen molar-refractivity contribution < 1.29 is 4.74 Å². The molecule has 26 heavy (non-hydrogen) atoms. The zero-order valence-corrected chi connectivity index (χ0v) is 17.2. The molecule has 0 aliphatic rings. The van der Waals surface area contributed by atoms with Crippen molar-refractivity contribution in [3.63, 3.8) is 0 Å². The highest BCUT2D eigenvalue weighted by molar-refractivity contribution is 7.99. The van der Waals surface area contributed by atoms with Crippen LogP contribution in [0.2, 0.25) is 0 Å². The van der Waals surface area contributed by atoms with Gasteiger partial charge in [-0.2, -0.15) is 11.8 Å². The summed E-state index contributed by atoms with van der Waals surface area (Å²) in [4.78, 5) is 4.19. The van der Waals surface area contributed by atoms with E-state index in [2.05, 4.69) is 65.6 Å². The van der Waals surface area contributed by atoms with E-state index in [1.165, 1.54) is 49.8 Å². The Morgan fingerprint density at radius 3 is 2.46 bits per heavy atom. The third-order valence-electron chi connectivity index (χ3n) is 4.52. The standard InChI is InChI=1S/C22H34N2OS/c1-3-5-7-8-9-17-26-22(18-24-15-14-23-19-24)20-10-12-21(13-11-20)25-16-6-4-2/h10-15,19,22H,3-9,16-18H2,1-2H3. The van der Waals surface area contributed by atoms with E-state index >= 15 is 0 Å². The highest BCUT2D eigenvalue weighted by Crippen LogP contribution is 2.32. The minimum absolute atomic E-state index is 0.458. The lowest BCUT2D eigenvalue weighted by Crippen LogP contribution is -2.06. The van der Waals surface area contributed by atoms with Crippen molar-refractivity contribution in [2.75, 3.05) is 12.4 Å². The molecule has 144 valence electrons. The summed E-state index contributed by atoms with van der Waals surface area (Å²) in [6, 6.07) is 8.70. The lowest BCUT2D eigenvalue weighted by atomic mass is 10.1. The minimum Gasteiger partial charge on any atom is -0.494 e. The van der Waals surface area contributed by atoms with Crippen LogP contribution in [-0.2, 0) is 6.54 Å². The van der Waals surface area contributed by atoms with Crippen LogP contribution in [0.3, 0.4) is 0 Å². The Balaban J connectivity index is 1.89. The Kier molecular flexibility index (Phi) is 10.3. The van der Waals surface area contributed by atoms with Crippen LogP contribution < -0.4 is 4.74 Å². The van der Waals surface area contributed by atoms with Crippen molar-refractivity contribution in [3.8, 4) is 5.75 Å². The van der Waals surface area contributed by atoms with Crippen molar-refractivity contribution in [2.45, 2.75) is 70.6 Å². The van der Waals surface area contributed by atoms with E-state index in [1.54, 1.807) is 0 Å². The molecule has 2 rings (SSSR count). The van der Waals surface area contributed by atoms with E-state index in [4.69, 9.17) is 4.74 Å². The van der Waals surface area contributed by atoms with Gasteiger partial charge in [0.15, 0.2) is 0 Å². The van der Waals surface area contributed by atoms with Gasteiger partial charge in [0.2, 0.25) is 0 Å². The van der Waals surface area contributed by atoms with Crippen LogP contribution in [-0.4, -0.2) is 21.9 Å².